The number of carboxylic acid groups (broad SMARTS) is 1. The van der Waals surface area contributed by atoms with Gasteiger partial charge in [-0.3, -0.25) is 4.79 Å². The Balaban J connectivity index is 1.66. The molecular weight excluding hydrogens is 438 g/mol. The maximum absolute atomic E-state index is 12.3. The van der Waals surface area contributed by atoms with Crippen molar-refractivity contribution in [3.8, 4) is 17.1 Å². The Bertz CT molecular complexity index is 992. The molecule has 0 spiro atoms. The summed E-state index contributed by atoms with van der Waals surface area (Å²) in [5, 5.41) is 17.6. The number of nitrogens with zero attached hydrogens (tertiary/aromatic N) is 5. The first-order valence-electron chi connectivity index (χ1n) is 11.9. The van der Waals surface area contributed by atoms with Crippen LogP contribution in [0.3, 0.4) is 0 Å². The molecule has 1 N–H and O–H groups in total. The lowest BCUT2D eigenvalue weighted by molar-refractivity contribution is -0.143. The van der Waals surface area contributed by atoms with E-state index in [0.717, 1.165) is 32.1 Å². The number of aliphatic carboxylic acids is 1. The second-order valence-electron chi connectivity index (χ2n) is 8.91. The Morgan fingerprint density at radius 2 is 2.06 bits per heavy atom. The zero-order valence-corrected chi connectivity index (χ0v) is 20.5. The molecule has 0 saturated heterocycles. The summed E-state index contributed by atoms with van der Waals surface area (Å²) >= 11 is 0. The first kappa shape index (κ1) is 25.5. The van der Waals surface area contributed by atoms with E-state index in [2.05, 4.69) is 22.2 Å². The van der Waals surface area contributed by atoms with Gasteiger partial charge < -0.3 is 19.5 Å². The molecule has 1 aliphatic rings. The van der Waals surface area contributed by atoms with Gasteiger partial charge in [0.2, 0.25) is 0 Å². The van der Waals surface area contributed by atoms with Crippen LogP contribution in [0.5, 0.6) is 5.75 Å². The van der Waals surface area contributed by atoms with Crippen LogP contribution in [0.15, 0.2) is 12.1 Å². The van der Waals surface area contributed by atoms with Gasteiger partial charge in [0, 0.05) is 20.6 Å². The maximum Gasteiger partial charge on any atom is 0.409 e. The molecule has 1 fully saturated rings. The molecule has 1 amide bonds. The third-order valence-corrected chi connectivity index (χ3v) is 6.23. The van der Waals surface area contributed by atoms with Gasteiger partial charge in [-0.1, -0.05) is 25.0 Å². The number of pyridine rings is 1. The highest BCUT2D eigenvalue weighted by atomic mass is 16.6. The van der Waals surface area contributed by atoms with Crippen LogP contribution >= 0.6 is 0 Å². The molecule has 1 saturated carbocycles. The SMILES string of the molecule is CCCCCN(C)C(=O)OCc1c(-c2ccc(O[C@@H]3CCC[C@H](C(=O)O)C3)c(C)n2)nnn1C. The second-order valence-corrected chi connectivity index (χ2v) is 8.91. The Kier molecular flexibility index (Phi) is 8.84. The number of rotatable bonds is 10. The standard InChI is InChI=1S/C24H35N5O5/c1-5-6-7-13-28(3)24(32)33-15-20-22(26-27-29(20)4)19-11-12-21(16(2)25-19)34-18-10-8-9-17(14-18)23(30)31/h11-12,17-18H,5-10,13-15H2,1-4H3,(H,30,31)/t17-,18+/m0/s1. The molecule has 0 aliphatic heterocycles. The first-order valence-corrected chi connectivity index (χ1v) is 11.9. The number of hydrogen-bond acceptors (Lipinski definition) is 7. The molecule has 2 aromatic heterocycles. The summed E-state index contributed by atoms with van der Waals surface area (Å²) in [5.41, 5.74) is 2.47. The van der Waals surface area contributed by atoms with Gasteiger partial charge >= 0.3 is 12.1 Å². The van der Waals surface area contributed by atoms with E-state index < -0.39 is 5.97 Å². The molecule has 0 bridgehead atoms. The predicted octanol–water partition coefficient (Wildman–Crippen LogP) is 3.97. The summed E-state index contributed by atoms with van der Waals surface area (Å²) in [4.78, 5) is 29.9. The van der Waals surface area contributed by atoms with Crippen LogP contribution in [-0.4, -0.2) is 61.7 Å². The summed E-state index contributed by atoms with van der Waals surface area (Å²) in [6, 6.07) is 3.63. The minimum atomic E-state index is -0.762. The van der Waals surface area contributed by atoms with E-state index >= 15 is 0 Å². The molecule has 0 unspecified atom stereocenters. The quantitative estimate of drug-likeness (QED) is 0.515. The average Bonchev–Trinajstić information content (AvgIpc) is 3.19. The zero-order chi connectivity index (χ0) is 24.7. The average molecular weight is 474 g/mol. The van der Waals surface area contributed by atoms with Crippen molar-refractivity contribution in [1.82, 2.24) is 24.9 Å². The van der Waals surface area contributed by atoms with Crippen LogP contribution < -0.4 is 4.74 Å². The number of ether oxygens (including phenoxy) is 2. The molecule has 3 rings (SSSR count). The van der Waals surface area contributed by atoms with Crippen molar-refractivity contribution in [3.63, 3.8) is 0 Å². The van der Waals surface area contributed by atoms with E-state index in [9.17, 15) is 14.7 Å². The molecule has 186 valence electrons. The molecule has 10 nitrogen and oxygen atoms in total. The predicted molar refractivity (Wildman–Crippen MR) is 125 cm³/mol. The van der Waals surface area contributed by atoms with Crippen LogP contribution in [0.4, 0.5) is 4.79 Å². The molecular formula is C24H35N5O5. The molecule has 10 heteroatoms. The van der Waals surface area contributed by atoms with Gasteiger partial charge in [0.1, 0.15) is 23.7 Å². The Morgan fingerprint density at radius 1 is 1.26 bits per heavy atom. The fraction of sp³-hybridized carbons (Fsp3) is 0.625. The van der Waals surface area contributed by atoms with E-state index in [4.69, 9.17) is 9.47 Å². The van der Waals surface area contributed by atoms with E-state index in [-0.39, 0.29) is 24.7 Å². The van der Waals surface area contributed by atoms with E-state index in [0.29, 0.717) is 47.9 Å². The second kappa shape index (κ2) is 11.8. The first-order chi connectivity index (χ1) is 16.3. The van der Waals surface area contributed by atoms with Crippen LogP contribution in [0.25, 0.3) is 11.4 Å². The van der Waals surface area contributed by atoms with Crippen molar-refractivity contribution in [2.75, 3.05) is 13.6 Å². The van der Waals surface area contributed by atoms with Crippen LogP contribution in [0, 0.1) is 12.8 Å². The summed E-state index contributed by atoms with van der Waals surface area (Å²) in [5.74, 6) is -0.492. The van der Waals surface area contributed by atoms with Crippen LogP contribution in [0.1, 0.15) is 63.3 Å². The lowest BCUT2D eigenvalue weighted by Gasteiger charge is -2.27. The molecule has 0 aromatic carbocycles. The molecule has 2 aromatic rings. The fourth-order valence-electron chi connectivity index (χ4n) is 4.13. The van der Waals surface area contributed by atoms with Crippen molar-refractivity contribution >= 4 is 12.1 Å². The minimum Gasteiger partial charge on any atom is -0.489 e. The number of aryl methyl sites for hydroxylation is 2. The van der Waals surface area contributed by atoms with Crippen molar-refractivity contribution in [1.29, 1.82) is 0 Å². The van der Waals surface area contributed by atoms with Gasteiger partial charge in [-0.15, -0.1) is 5.10 Å². The number of carbonyl (C=O) groups is 2. The third-order valence-electron chi connectivity index (χ3n) is 6.23. The normalized spacial score (nSPS) is 17.9. The number of hydrogen-bond donors (Lipinski definition) is 1. The number of carbonyl (C=O) groups excluding carboxylic acids is 1. The molecule has 1 aliphatic carbocycles. The summed E-state index contributed by atoms with van der Waals surface area (Å²) < 4.78 is 13.2. The van der Waals surface area contributed by atoms with Gasteiger partial charge in [-0.25, -0.2) is 14.5 Å². The van der Waals surface area contributed by atoms with E-state index in [1.807, 2.05) is 13.0 Å². The smallest absolute Gasteiger partial charge is 0.409 e. The Labute approximate surface area is 200 Å². The Morgan fingerprint density at radius 3 is 2.76 bits per heavy atom. The van der Waals surface area contributed by atoms with Gasteiger partial charge in [-0.2, -0.15) is 0 Å². The summed E-state index contributed by atoms with van der Waals surface area (Å²) in [6.45, 7) is 4.65. The highest BCUT2D eigenvalue weighted by molar-refractivity contribution is 5.70. The zero-order valence-electron chi connectivity index (χ0n) is 20.5. The molecule has 0 radical (unpaired) electrons. The number of amides is 1. The van der Waals surface area contributed by atoms with Crippen molar-refractivity contribution in [2.45, 2.75) is 71.5 Å². The van der Waals surface area contributed by atoms with Gasteiger partial charge in [0.25, 0.3) is 0 Å². The lowest BCUT2D eigenvalue weighted by Crippen LogP contribution is -2.29. The largest absolute Gasteiger partial charge is 0.489 e. The van der Waals surface area contributed by atoms with Gasteiger partial charge in [0.15, 0.2) is 0 Å². The summed E-state index contributed by atoms with van der Waals surface area (Å²) in [6.07, 6.45) is 5.44. The monoisotopic (exact) mass is 473 g/mol. The maximum atomic E-state index is 12.3. The van der Waals surface area contributed by atoms with Crippen molar-refractivity contribution in [3.05, 3.63) is 23.5 Å². The highest BCUT2D eigenvalue weighted by Gasteiger charge is 2.28. The van der Waals surface area contributed by atoms with Crippen LogP contribution in [-0.2, 0) is 23.2 Å². The van der Waals surface area contributed by atoms with E-state index in [1.54, 1.807) is 29.7 Å². The fourth-order valence-corrected chi connectivity index (χ4v) is 4.13. The number of aromatic nitrogens is 4. The molecule has 2 atom stereocenters. The third kappa shape index (κ3) is 6.45. The minimum absolute atomic E-state index is 0.0351. The van der Waals surface area contributed by atoms with Crippen molar-refractivity contribution in [2.24, 2.45) is 13.0 Å². The molecule has 34 heavy (non-hydrogen) atoms. The van der Waals surface area contributed by atoms with Crippen molar-refractivity contribution < 1.29 is 24.2 Å². The topological polar surface area (TPSA) is 120 Å². The van der Waals surface area contributed by atoms with E-state index in [1.165, 1.54) is 0 Å². The lowest BCUT2D eigenvalue weighted by atomic mass is 9.87. The molecule has 2 heterocycles. The number of unbranched alkanes of at least 4 members (excludes halogenated alkanes) is 2. The van der Waals surface area contributed by atoms with Gasteiger partial charge in [0.05, 0.1) is 23.4 Å². The van der Waals surface area contributed by atoms with Gasteiger partial charge in [-0.05, 0) is 51.2 Å². The number of carboxylic acids is 1. The summed E-state index contributed by atoms with van der Waals surface area (Å²) in [7, 11) is 3.48. The Hall–Kier alpha value is -3.17. The van der Waals surface area contributed by atoms with Crippen LogP contribution in [0.2, 0.25) is 0 Å². The highest BCUT2D eigenvalue weighted by Crippen LogP contribution is 2.30.